The SMILES string of the molecule is CCCCC(=O)N(Cc1ccc(-c2ccccc2S(=O)(=O)Nc2onc(C)c2C)cc1)C(C(=O)NCC1CCCO1)C(C)C. The number of aromatic nitrogens is 1. The average molecular weight is 625 g/mol. The van der Waals surface area contributed by atoms with Gasteiger partial charge in [0.1, 0.15) is 6.04 Å². The van der Waals surface area contributed by atoms with E-state index in [1.807, 2.05) is 45.0 Å². The van der Waals surface area contributed by atoms with Crippen molar-refractivity contribution in [3.63, 3.8) is 0 Å². The lowest BCUT2D eigenvalue weighted by atomic mass is 9.98. The Morgan fingerprint density at radius 1 is 1.09 bits per heavy atom. The zero-order chi connectivity index (χ0) is 31.9. The molecular weight excluding hydrogens is 580 g/mol. The highest BCUT2D eigenvalue weighted by molar-refractivity contribution is 7.92. The number of hydrogen-bond donors (Lipinski definition) is 2. The smallest absolute Gasteiger partial charge is 0.264 e. The first-order chi connectivity index (χ1) is 21.0. The molecule has 2 unspecified atom stereocenters. The third kappa shape index (κ3) is 8.06. The van der Waals surface area contributed by atoms with E-state index in [2.05, 4.69) is 15.2 Å². The molecule has 0 saturated carbocycles. The molecule has 4 rings (SSSR count). The second-order valence-electron chi connectivity index (χ2n) is 11.7. The summed E-state index contributed by atoms with van der Waals surface area (Å²) in [6.07, 6.45) is 3.88. The van der Waals surface area contributed by atoms with Crippen molar-refractivity contribution >= 4 is 27.7 Å². The topological polar surface area (TPSA) is 131 Å². The van der Waals surface area contributed by atoms with E-state index < -0.39 is 16.1 Å². The molecule has 2 N–H and O–H groups in total. The van der Waals surface area contributed by atoms with Gasteiger partial charge in [-0.15, -0.1) is 0 Å². The number of ether oxygens (including phenoxy) is 1. The highest BCUT2D eigenvalue weighted by atomic mass is 32.2. The predicted molar refractivity (Wildman–Crippen MR) is 169 cm³/mol. The number of hydrogen-bond acceptors (Lipinski definition) is 7. The summed E-state index contributed by atoms with van der Waals surface area (Å²) in [6, 6.07) is 13.5. The van der Waals surface area contributed by atoms with Gasteiger partial charge in [0.25, 0.3) is 10.0 Å². The van der Waals surface area contributed by atoms with Crippen LogP contribution in [0.5, 0.6) is 0 Å². The van der Waals surface area contributed by atoms with Gasteiger partial charge >= 0.3 is 0 Å². The van der Waals surface area contributed by atoms with Crippen LogP contribution in [0, 0.1) is 19.8 Å². The molecule has 0 radical (unpaired) electrons. The molecule has 11 heteroatoms. The van der Waals surface area contributed by atoms with Gasteiger partial charge in [-0.1, -0.05) is 74.8 Å². The van der Waals surface area contributed by atoms with Crippen molar-refractivity contribution in [3.8, 4) is 11.1 Å². The van der Waals surface area contributed by atoms with Crippen LogP contribution in [0.2, 0.25) is 0 Å². The first-order valence-corrected chi connectivity index (χ1v) is 16.8. The lowest BCUT2D eigenvalue weighted by Crippen LogP contribution is -2.52. The Morgan fingerprint density at radius 3 is 2.43 bits per heavy atom. The third-order valence-electron chi connectivity index (χ3n) is 8.01. The standard InChI is InChI=1S/C33H44N4O6S/c1-6-7-14-30(38)37(31(22(2)3)32(39)34-20-27-11-10-19-42-27)21-25-15-17-26(18-16-25)28-12-8-9-13-29(28)44(40,41)36-33-23(4)24(5)35-43-33/h8-9,12-13,15-18,22,27,31,36H,6-7,10-11,14,19-21H2,1-5H3,(H,34,39). The molecule has 44 heavy (non-hydrogen) atoms. The molecule has 0 spiro atoms. The molecule has 0 aliphatic carbocycles. The van der Waals surface area contributed by atoms with Gasteiger partial charge in [0.05, 0.1) is 16.7 Å². The third-order valence-corrected chi connectivity index (χ3v) is 9.40. The molecule has 10 nitrogen and oxygen atoms in total. The van der Waals surface area contributed by atoms with E-state index in [-0.39, 0.29) is 41.2 Å². The maximum Gasteiger partial charge on any atom is 0.264 e. The Bertz CT molecular complexity index is 1530. The van der Waals surface area contributed by atoms with Crippen molar-refractivity contribution < 1.29 is 27.3 Å². The van der Waals surface area contributed by atoms with Crippen molar-refractivity contribution in [3.05, 3.63) is 65.4 Å². The van der Waals surface area contributed by atoms with E-state index in [1.165, 1.54) is 0 Å². The molecule has 1 saturated heterocycles. The van der Waals surface area contributed by atoms with Crippen LogP contribution in [-0.4, -0.2) is 55.6 Å². The van der Waals surface area contributed by atoms with E-state index in [9.17, 15) is 18.0 Å². The molecule has 0 bridgehead atoms. The second-order valence-corrected chi connectivity index (χ2v) is 13.4. The molecule has 1 aliphatic heterocycles. The normalized spacial score (nSPS) is 15.7. The van der Waals surface area contributed by atoms with Crippen LogP contribution >= 0.6 is 0 Å². The maximum atomic E-state index is 13.5. The molecule has 1 fully saturated rings. The highest BCUT2D eigenvalue weighted by Gasteiger charge is 2.33. The second kappa shape index (κ2) is 14.9. The number of anilines is 1. The molecule has 3 aromatic rings. The Labute approximate surface area is 260 Å². The number of amides is 2. The number of benzene rings is 2. The first-order valence-electron chi connectivity index (χ1n) is 15.3. The van der Waals surface area contributed by atoms with E-state index >= 15 is 0 Å². The first kappa shape index (κ1) is 33.2. The molecule has 2 aromatic carbocycles. The zero-order valence-electron chi connectivity index (χ0n) is 26.3. The van der Waals surface area contributed by atoms with Gasteiger partial charge in [-0.05, 0) is 56.2 Å². The van der Waals surface area contributed by atoms with Crippen LogP contribution in [-0.2, 0) is 30.9 Å². The van der Waals surface area contributed by atoms with Gasteiger partial charge < -0.3 is 19.5 Å². The number of unbranched alkanes of at least 4 members (excludes halogenated alkanes) is 1. The fourth-order valence-corrected chi connectivity index (χ4v) is 6.63. The summed E-state index contributed by atoms with van der Waals surface area (Å²) < 4.78 is 40.1. The van der Waals surface area contributed by atoms with Crippen LogP contribution in [0.15, 0.2) is 57.9 Å². The molecule has 2 heterocycles. The van der Waals surface area contributed by atoms with Gasteiger partial charge in [0.15, 0.2) is 0 Å². The lowest BCUT2D eigenvalue weighted by Gasteiger charge is -2.34. The number of carbonyl (C=O) groups excluding carboxylic acids is 2. The van der Waals surface area contributed by atoms with E-state index in [4.69, 9.17) is 9.26 Å². The Balaban J connectivity index is 1.57. The molecule has 238 valence electrons. The Hall–Kier alpha value is -3.70. The predicted octanol–water partition coefficient (Wildman–Crippen LogP) is 5.60. The molecule has 2 amide bonds. The Morgan fingerprint density at radius 2 is 1.82 bits per heavy atom. The van der Waals surface area contributed by atoms with E-state index in [0.717, 1.165) is 31.2 Å². The van der Waals surface area contributed by atoms with Crippen molar-refractivity contribution in [2.24, 2.45) is 5.92 Å². The summed E-state index contributed by atoms with van der Waals surface area (Å²) in [7, 11) is -3.98. The van der Waals surface area contributed by atoms with Crippen molar-refractivity contribution in [1.29, 1.82) is 0 Å². The minimum absolute atomic E-state index is 0.00864. The molecular formula is C33H44N4O6S. The number of rotatable bonds is 14. The van der Waals surface area contributed by atoms with Crippen molar-refractivity contribution in [2.75, 3.05) is 17.9 Å². The van der Waals surface area contributed by atoms with E-state index in [1.54, 1.807) is 43.0 Å². The monoisotopic (exact) mass is 624 g/mol. The van der Waals surface area contributed by atoms with Crippen LogP contribution in [0.1, 0.15) is 69.7 Å². The van der Waals surface area contributed by atoms with Crippen LogP contribution < -0.4 is 10.0 Å². The Kier molecular flexibility index (Phi) is 11.2. The minimum atomic E-state index is -3.98. The highest BCUT2D eigenvalue weighted by Crippen LogP contribution is 2.30. The quantitative estimate of drug-likeness (QED) is 0.239. The molecule has 1 aromatic heterocycles. The number of nitrogens with zero attached hydrogens (tertiary/aromatic N) is 2. The average Bonchev–Trinajstić information content (AvgIpc) is 3.64. The lowest BCUT2D eigenvalue weighted by molar-refractivity contribution is -0.143. The number of carbonyl (C=O) groups is 2. The molecule has 1 aliphatic rings. The summed E-state index contributed by atoms with van der Waals surface area (Å²) in [5.74, 6) is -0.270. The number of nitrogens with one attached hydrogen (secondary N) is 2. The molecule has 2 atom stereocenters. The fraction of sp³-hybridized carbons (Fsp3) is 0.485. The van der Waals surface area contributed by atoms with Gasteiger partial charge in [-0.25, -0.2) is 13.1 Å². The zero-order valence-corrected chi connectivity index (χ0v) is 27.1. The van der Waals surface area contributed by atoms with Gasteiger partial charge in [-0.2, -0.15) is 0 Å². The van der Waals surface area contributed by atoms with E-state index in [0.29, 0.717) is 42.0 Å². The summed E-state index contributed by atoms with van der Waals surface area (Å²) >= 11 is 0. The van der Waals surface area contributed by atoms with Gasteiger partial charge in [0.2, 0.25) is 17.7 Å². The summed E-state index contributed by atoms with van der Waals surface area (Å²) in [4.78, 5) is 28.7. The van der Waals surface area contributed by atoms with Crippen molar-refractivity contribution in [1.82, 2.24) is 15.4 Å². The van der Waals surface area contributed by atoms with Crippen LogP contribution in [0.3, 0.4) is 0 Å². The summed E-state index contributed by atoms with van der Waals surface area (Å²) in [6.45, 7) is 10.8. The largest absolute Gasteiger partial charge is 0.376 e. The minimum Gasteiger partial charge on any atom is -0.376 e. The fourth-order valence-electron chi connectivity index (χ4n) is 5.36. The van der Waals surface area contributed by atoms with Crippen LogP contribution in [0.4, 0.5) is 5.88 Å². The number of aryl methyl sites for hydroxylation is 1. The maximum absolute atomic E-state index is 13.5. The van der Waals surface area contributed by atoms with Gasteiger partial charge in [-0.3, -0.25) is 9.59 Å². The number of sulfonamides is 1. The van der Waals surface area contributed by atoms with Gasteiger partial charge in [0, 0.05) is 37.2 Å². The van der Waals surface area contributed by atoms with Crippen LogP contribution in [0.25, 0.3) is 11.1 Å². The summed E-state index contributed by atoms with van der Waals surface area (Å²) in [5, 5.41) is 6.86. The summed E-state index contributed by atoms with van der Waals surface area (Å²) in [5.41, 5.74) is 3.27. The van der Waals surface area contributed by atoms with Crippen molar-refractivity contribution in [2.45, 2.75) is 90.3 Å².